The maximum Gasteiger partial charge on any atom is 0.238 e. The number of amides is 3. The first-order valence-corrected chi connectivity index (χ1v) is 12.5. The van der Waals surface area contributed by atoms with Gasteiger partial charge in [-0.3, -0.25) is 24.2 Å². The number of carbonyl (C=O) groups is 3. The summed E-state index contributed by atoms with van der Waals surface area (Å²) in [5, 5.41) is 5.86. The van der Waals surface area contributed by atoms with Gasteiger partial charge in [-0.15, -0.1) is 0 Å². The molecule has 0 unspecified atom stereocenters. The lowest BCUT2D eigenvalue weighted by Crippen LogP contribution is -2.52. The van der Waals surface area contributed by atoms with Crippen LogP contribution in [0.25, 0.3) is 0 Å². The zero-order valence-corrected chi connectivity index (χ0v) is 21.5. The largest absolute Gasteiger partial charge is 0.497 e. The zero-order valence-electron chi connectivity index (χ0n) is 21.5. The minimum Gasteiger partial charge on any atom is -0.497 e. The molecule has 0 aliphatic carbocycles. The summed E-state index contributed by atoms with van der Waals surface area (Å²) in [4.78, 5) is 43.5. The standard InChI is InChI=1S/C27H37N5O4/c1-4-21-8-6-7-9-24(21)29-26(34)19-31-14-16-32(17-15-31)27(35)20-30(5-2)18-25(33)28-22-10-12-23(36-3)13-11-22/h6-13H,4-5,14-20H2,1-3H3,(H,28,33)(H,29,34). The molecule has 1 fully saturated rings. The van der Waals surface area contributed by atoms with Gasteiger partial charge in [0.1, 0.15) is 5.75 Å². The molecule has 1 aliphatic rings. The predicted molar refractivity (Wildman–Crippen MR) is 141 cm³/mol. The summed E-state index contributed by atoms with van der Waals surface area (Å²) in [5.41, 5.74) is 2.65. The van der Waals surface area contributed by atoms with E-state index < -0.39 is 0 Å². The van der Waals surface area contributed by atoms with E-state index in [1.807, 2.05) is 41.0 Å². The van der Waals surface area contributed by atoms with E-state index in [0.717, 1.165) is 23.4 Å². The third kappa shape index (κ3) is 8.07. The van der Waals surface area contributed by atoms with Crippen LogP contribution in [0, 0.1) is 0 Å². The monoisotopic (exact) mass is 495 g/mol. The smallest absolute Gasteiger partial charge is 0.238 e. The van der Waals surface area contributed by atoms with E-state index in [2.05, 4.69) is 22.5 Å². The van der Waals surface area contributed by atoms with Crippen molar-refractivity contribution in [1.82, 2.24) is 14.7 Å². The summed E-state index contributed by atoms with van der Waals surface area (Å²) in [7, 11) is 1.59. The first-order chi connectivity index (χ1) is 17.4. The average molecular weight is 496 g/mol. The molecule has 0 spiro atoms. The average Bonchev–Trinajstić information content (AvgIpc) is 2.89. The molecule has 0 atom stereocenters. The normalized spacial score (nSPS) is 13.9. The molecule has 2 N–H and O–H groups in total. The second-order valence-electron chi connectivity index (χ2n) is 8.80. The molecular formula is C27H37N5O4. The molecule has 3 rings (SSSR count). The maximum absolute atomic E-state index is 12.9. The van der Waals surface area contributed by atoms with Crippen LogP contribution in [0.3, 0.4) is 0 Å². The number of hydrogen-bond donors (Lipinski definition) is 2. The highest BCUT2D eigenvalue weighted by molar-refractivity contribution is 5.93. The Labute approximate surface area is 213 Å². The van der Waals surface area contributed by atoms with Gasteiger partial charge in [-0.25, -0.2) is 0 Å². The zero-order chi connectivity index (χ0) is 25.9. The third-order valence-corrected chi connectivity index (χ3v) is 6.31. The van der Waals surface area contributed by atoms with Crippen molar-refractivity contribution in [2.45, 2.75) is 20.3 Å². The molecule has 2 aromatic rings. The Bertz CT molecular complexity index is 1020. The molecule has 0 aromatic heterocycles. The molecular weight excluding hydrogens is 458 g/mol. The summed E-state index contributed by atoms with van der Waals surface area (Å²) < 4.78 is 5.13. The summed E-state index contributed by atoms with van der Waals surface area (Å²) >= 11 is 0. The fourth-order valence-electron chi connectivity index (χ4n) is 4.15. The number of piperazine rings is 1. The van der Waals surface area contributed by atoms with E-state index in [9.17, 15) is 14.4 Å². The molecule has 194 valence electrons. The molecule has 0 saturated carbocycles. The second kappa shape index (κ2) is 13.6. The van der Waals surface area contributed by atoms with Gasteiger partial charge >= 0.3 is 0 Å². The van der Waals surface area contributed by atoms with Gasteiger partial charge < -0.3 is 20.3 Å². The van der Waals surface area contributed by atoms with Gasteiger partial charge in [0.05, 0.1) is 26.7 Å². The van der Waals surface area contributed by atoms with Gasteiger partial charge in [-0.1, -0.05) is 32.0 Å². The second-order valence-corrected chi connectivity index (χ2v) is 8.80. The van der Waals surface area contributed by atoms with Crippen molar-refractivity contribution >= 4 is 29.1 Å². The van der Waals surface area contributed by atoms with Crippen molar-refractivity contribution < 1.29 is 19.1 Å². The summed E-state index contributed by atoms with van der Waals surface area (Å²) in [6, 6.07) is 14.9. The Morgan fingerprint density at radius 1 is 0.889 bits per heavy atom. The molecule has 9 nitrogen and oxygen atoms in total. The quantitative estimate of drug-likeness (QED) is 0.497. The number of aryl methyl sites for hydroxylation is 1. The molecule has 1 heterocycles. The number of hydrogen-bond acceptors (Lipinski definition) is 6. The van der Waals surface area contributed by atoms with Crippen molar-refractivity contribution in [2.75, 3.05) is 70.1 Å². The Morgan fingerprint density at radius 2 is 1.58 bits per heavy atom. The minimum atomic E-state index is -0.171. The highest BCUT2D eigenvalue weighted by Gasteiger charge is 2.24. The number of carbonyl (C=O) groups excluding carboxylic acids is 3. The summed E-state index contributed by atoms with van der Waals surface area (Å²) in [6.45, 7) is 7.59. The predicted octanol–water partition coefficient (Wildman–Crippen LogP) is 2.30. The Kier molecular flexibility index (Phi) is 10.3. The van der Waals surface area contributed by atoms with Crippen LogP contribution in [0.4, 0.5) is 11.4 Å². The highest BCUT2D eigenvalue weighted by atomic mass is 16.5. The van der Waals surface area contributed by atoms with E-state index in [1.54, 1.807) is 31.4 Å². The molecule has 0 radical (unpaired) electrons. The SMILES string of the molecule is CCc1ccccc1NC(=O)CN1CCN(C(=O)CN(CC)CC(=O)Nc2ccc(OC)cc2)CC1. The van der Waals surface area contributed by atoms with E-state index in [-0.39, 0.29) is 30.8 Å². The van der Waals surface area contributed by atoms with Crippen molar-refractivity contribution in [3.8, 4) is 5.75 Å². The fraction of sp³-hybridized carbons (Fsp3) is 0.444. The first kappa shape index (κ1) is 27.2. The number of nitrogens with zero attached hydrogens (tertiary/aromatic N) is 3. The molecule has 1 saturated heterocycles. The van der Waals surface area contributed by atoms with Crippen LogP contribution in [-0.2, 0) is 20.8 Å². The van der Waals surface area contributed by atoms with E-state index in [1.165, 1.54) is 0 Å². The van der Waals surface area contributed by atoms with Crippen LogP contribution in [0.2, 0.25) is 0 Å². The summed E-state index contributed by atoms with van der Waals surface area (Å²) in [6.07, 6.45) is 0.856. The van der Waals surface area contributed by atoms with E-state index in [4.69, 9.17) is 4.74 Å². The van der Waals surface area contributed by atoms with Crippen molar-refractivity contribution in [1.29, 1.82) is 0 Å². The molecule has 36 heavy (non-hydrogen) atoms. The van der Waals surface area contributed by atoms with Gasteiger partial charge in [0, 0.05) is 37.6 Å². The van der Waals surface area contributed by atoms with Crippen LogP contribution >= 0.6 is 0 Å². The molecule has 1 aliphatic heterocycles. The minimum absolute atomic E-state index is 0.00456. The van der Waals surface area contributed by atoms with Gasteiger partial charge in [-0.2, -0.15) is 0 Å². The Balaban J connectivity index is 1.40. The fourth-order valence-corrected chi connectivity index (χ4v) is 4.15. The van der Waals surface area contributed by atoms with Crippen LogP contribution in [0.15, 0.2) is 48.5 Å². The van der Waals surface area contributed by atoms with Crippen LogP contribution in [-0.4, -0.2) is 91.9 Å². The van der Waals surface area contributed by atoms with Crippen molar-refractivity contribution in [2.24, 2.45) is 0 Å². The number of rotatable bonds is 11. The maximum atomic E-state index is 12.9. The number of anilines is 2. The summed E-state index contributed by atoms with van der Waals surface area (Å²) in [5.74, 6) is 0.498. The Hall–Kier alpha value is -3.43. The van der Waals surface area contributed by atoms with E-state index >= 15 is 0 Å². The lowest BCUT2D eigenvalue weighted by atomic mass is 10.1. The topological polar surface area (TPSA) is 94.2 Å². The highest BCUT2D eigenvalue weighted by Crippen LogP contribution is 2.16. The van der Waals surface area contributed by atoms with Gasteiger partial charge in [0.15, 0.2) is 0 Å². The van der Waals surface area contributed by atoms with Crippen LogP contribution in [0.5, 0.6) is 5.75 Å². The number of para-hydroxylation sites is 1. The van der Waals surface area contributed by atoms with Gasteiger partial charge in [-0.05, 0) is 48.9 Å². The molecule has 2 aromatic carbocycles. The van der Waals surface area contributed by atoms with Crippen LogP contribution in [0.1, 0.15) is 19.4 Å². The molecule has 9 heteroatoms. The lowest BCUT2D eigenvalue weighted by Gasteiger charge is -2.35. The number of nitrogens with one attached hydrogen (secondary N) is 2. The van der Waals surface area contributed by atoms with Gasteiger partial charge in [0.25, 0.3) is 0 Å². The van der Waals surface area contributed by atoms with Crippen molar-refractivity contribution in [3.63, 3.8) is 0 Å². The van der Waals surface area contributed by atoms with Crippen molar-refractivity contribution in [3.05, 3.63) is 54.1 Å². The molecule has 3 amide bonds. The van der Waals surface area contributed by atoms with E-state index in [0.29, 0.717) is 45.0 Å². The number of benzene rings is 2. The molecule has 0 bridgehead atoms. The third-order valence-electron chi connectivity index (χ3n) is 6.31. The lowest BCUT2D eigenvalue weighted by molar-refractivity contribution is -0.134. The van der Waals surface area contributed by atoms with Gasteiger partial charge in [0.2, 0.25) is 17.7 Å². The van der Waals surface area contributed by atoms with Crippen LogP contribution < -0.4 is 15.4 Å². The number of ether oxygens (including phenoxy) is 1. The first-order valence-electron chi connectivity index (χ1n) is 12.5. The Morgan fingerprint density at radius 3 is 2.22 bits per heavy atom. The number of methoxy groups -OCH3 is 1. The number of likely N-dealkylation sites (N-methyl/N-ethyl adjacent to an activating group) is 1.